The molecule has 3 N–H and O–H groups in total. The van der Waals surface area contributed by atoms with Gasteiger partial charge >= 0.3 is 0 Å². The first-order chi connectivity index (χ1) is 7.15. The number of ether oxygens (including phenoxy) is 1. The minimum Gasteiger partial charge on any atom is -0.381 e. The summed E-state index contributed by atoms with van der Waals surface area (Å²) >= 11 is 0. The van der Waals surface area contributed by atoms with E-state index in [1.54, 1.807) is 7.11 Å². The summed E-state index contributed by atoms with van der Waals surface area (Å²) < 4.78 is 5.11. The van der Waals surface area contributed by atoms with Gasteiger partial charge in [-0.25, -0.2) is 4.98 Å². The van der Waals surface area contributed by atoms with E-state index in [0.717, 1.165) is 5.69 Å². The third kappa shape index (κ3) is 3.81. The van der Waals surface area contributed by atoms with Crippen LogP contribution in [0.4, 0.5) is 0 Å². The molecule has 1 unspecified atom stereocenters. The molecule has 0 saturated heterocycles. The van der Waals surface area contributed by atoms with Gasteiger partial charge in [-0.05, 0) is 13.5 Å². The number of rotatable bonds is 5. The van der Waals surface area contributed by atoms with Crippen molar-refractivity contribution in [1.29, 1.82) is 0 Å². The summed E-state index contributed by atoms with van der Waals surface area (Å²) in [7, 11) is 1.63. The van der Waals surface area contributed by atoms with Gasteiger partial charge in [0.15, 0.2) is 0 Å². The van der Waals surface area contributed by atoms with Crippen molar-refractivity contribution in [2.45, 2.75) is 25.9 Å². The van der Waals surface area contributed by atoms with Gasteiger partial charge in [0.2, 0.25) is 0 Å². The average molecular weight is 211 g/mol. The molecule has 0 saturated carbocycles. The minimum absolute atomic E-state index is 0.0428. The average Bonchev–Trinajstić information content (AvgIpc) is 2.17. The van der Waals surface area contributed by atoms with E-state index in [1.165, 1.54) is 6.07 Å². The summed E-state index contributed by atoms with van der Waals surface area (Å²) in [5.41, 5.74) is 6.01. The van der Waals surface area contributed by atoms with Crippen molar-refractivity contribution >= 4 is 0 Å². The van der Waals surface area contributed by atoms with Crippen LogP contribution in [0.25, 0.3) is 0 Å². The number of aromatic nitrogens is 2. The van der Waals surface area contributed by atoms with Gasteiger partial charge < -0.3 is 15.5 Å². The Morgan fingerprint density at radius 2 is 2.40 bits per heavy atom. The number of nitrogens with two attached hydrogens (primary N) is 1. The minimum atomic E-state index is -0.133. The quantitative estimate of drug-likeness (QED) is 0.709. The fourth-order valence-electron chi connectivity index (χ4n) is 1.29. The van der Waals surface area contributed by atoms with E-state index in [4.69, 9.17) is 10.5 Å². The summed E-state index contributed by atoms with van der Waals surface area (Å²) in [6.07, 6.45) is 1.27. The number of hydrogen-bond donors (Lipinski definition) is 2. The second-order valence-corrected chi connectivity index (χ2v) is 3.47. The first-order valence-corrected chi connectivity index (χ1v) is 4.97. The normalized spacial score (nSPS) is 12.7. The lowest BCUT2D eigenvalue weighted by atomic mass is 10.2. The SMILES string of the molecule is COC(C)Cc1nc(CCN)cc(=O)[nH]1. The lowest BCUT2D eigenvalue weighted by molar-refractivity contribution is 0.117. The van der Waals surface area contributed by atoms with Gasteiger partial charge in [-0.3, -0.25) is 4.79 Å². The van der Waals surface area contributed by atoms with E-state index in [9.17, 15) is 4.79 Å². The van der Waals surface area contributed by atoms with Gasteiger partial charge in [0, 0.05) is 31.7 Å². The van der Waals surface area contributed by atoms with Crippen LogP contribution < -0.4 is 11.3 Å². The van der Waals surface area contributed by atoms with Gasteiger partial charge in [0.05, 0.1) is 6.10 Å². The van der Waals surface area contributed by atoms with E-state index in [-0.39, 0.29) is 11.7 Å². The molecule has 1 heterocycles. The molecule has 0 fully saturated rings. The molecule has 1 rings (SSSR count). The molecule has 0 spiro atoms. The Labute approximate surface area is 88.7 Å². The number of hydrogen-bond acceptors (Lipinski definition) is 4. The summed E-state index contributed by atoms with van der Waals surface area (Å²) in [6.45, 7) is 2.42. The Morgan fingerprint density at radius 3 is 3.00 bits per heavy atom. The molecule has 0 aliphatic rings. The molecule has 0 radical (unpaired) electrons. The number of nitrogens with zero attached hydrogens (tertiary/aromatic N) is 1. The molecular weight excluding hydrogens is 194 g/mol. The highest BCUT2D eigenvalue weighted by Gasteiger charge is 2.05. The monoisotopic (exact) mass is 211 g/mol. The molecule has 1 aromatic rings. The van der Waals surface area contributed by atoms with Crippen LogP contribution in [0.2, 0.25) is 0 Å². The molecule has 0 aliphatic heterocycles. The summed E-state index contributed by atoms with van der Waals surface area (Å²) in [5.74, 6) is 0.653. The van der Waals surface area contributed by atoms with E-state index in [1.807, 2.05) is 6.92 Å². The zero-order chi connectivity index (χ0) is 11.3. The van der Waals surface area contributed by atoms with Crippen molar-refractivity contribution in [2.75, 3.05) is 13.7 Å². The van der Waals surface area contributed by atoms with Crippen molar-refractivity contribution in [3.8, 4) is 0 Å². The van der Waals surface area contributed by atoms with Crippen molar-refractivity contribution in [3.05, 3.63) is 27.9 Å². The zero-order valence-electron chi connectivity index (χ0n) is 9.12. The summed E-state index contributed by atoms with van der Waals surface area (Å²) in [4.78, 5) is 18.3. The Balaban J connectivity index is 2.83. The molecule has 0 bridgehead atoms. The molecule has 84 valence electrons. The number of H-pyrrole nitrogens is 1. The highest BCUT2D eigenvalue weighted by Crippen LogP contribution is 1.99. The topological polar surface area (TPSA) is 81.0 Å². The molecule has 1 atom stereocenters. The fraction of sp³-hybridized carbons (Fsp3) is 0.600. The second kappa shape index (κ2) is 5.63. The molecule has 5 nitrogen and oxygen atoms in total. The van der Waals surface area contributed by atoms with Gasteiger partial charge in [-0.15, -0.1) is 0 Å². The van der Waals surface area contributed by atoms with Crippen LogP contribution in [0.5, 0.6) is 0 Å². The van der Waals surface area contributed by atoms with Crippen LogP contribution in [0.3, 0.4) is 0 Å². The van der Waals surface area contributed by atoms with Crippen molar-refractivity contribution < 1.29 is 4.74 Å². The summed E-state index contributed by atoms with van der Waals surface area (Å²) in [5, 5.41) is 0. The smallest absolute Gasteiger partial charge is 0.251 e. The standard InChI is InChI=1S/C10H17N3O2/c1-7(15-2)5-9-12-8(3-4-11)6-10(14)13-9/h6-7H,3-5,11H2,1-2H3,(H,12,13,14). The van der Waals surface area contributed by atoms with Crippen molar-refractivity contribution in [3.63, 3.8) is 0 Å². The number of methoxy groups -OCH3 is 1. The Hall–Kier alpha value is -1.20. The molecular formula is C10H17N3O2. The maximum absolute atomic E-state index is 11.3. The third-order valence-electron chi connectivity index (χ3n) is 2.13. The maximum Gasteiger partial charge on any atom is 0.251 e. The van der Waals surface area contributed by atoms with E-state index in [2.05, 4.69) is 9.97 Å². The number of nitrogens with one attached hydrogen (secondary N) is 1. The fourth-order valence-corrected chi connectivity index (χ4v) is 1.29. The predicted octanol–water partition coefficient (Wildman–Crippen LogP) is -0.151. The van der Waals surface area contributed by atoms with Crippen LogP contribution >= 0.6 is 0 Å². The van der Waals surface area contributed by atoms with E-state index >= 15 is 0 Å². The van der Waals surface area contributed by atoms with Crippen molar-refractivity contribution in [1.82, 2.24) is 9.97 Å². The van der Waals surface area contributed by atoms with Crippen molar-refractivity contribution in [2.24, 2.45) is 5.73 Å². The predicted molar refractivity (Wildman–Crippen MR) is 57.8 cm³/mol. The van der Waals surface area contributed by atoms with E-state index < -0.39 is 0 Å². The molecule has 0 amide bonds. The summed E-state index contributed by atoms with van der Waals surface area (Å²) in [6, 6.07) is 1.48. The largest absolute Gasteiger partial charge is 0.381 e. The van der Waals surface area contributed by atoms with Gasteiger partial charge in [0.25, 0.3) is 5.56 Å². The van der Waals surface area contributed by atoms with E-state index in [0.29, 0.717) is 25.2 Å². The van der Waals surface area contributed by atoms with Gasteiger partial charge in [0.1, 0.15) is 5.82 Å². The highest BCUT2D eigenvalue weighted by atomic mass is 16.5. The Bertz CT molecular complexity index is 362. The van der Waals surface area contributed by atoms with Crippen LogP contribution in [-0.4, -0.2) is 29.7 Å². The van der Waals surface area contributed by atoms with Gasteiger partial charge in [-0.2, -0.15) is 0 Å². The van der Waals surface area contributed by atoms with Crippen LogP contribution in [0, 0.1) is 0 Å². The van der Waals surface area contributed by atoms with Crippen LogP contribution in [-0.2, 0) is 17.6 Å². The Kier molecular flexibility index (Phi) is 4.45. The molecule has 1 aromatic heterocycles. The zero-order valence-corrected chi connectivity index (χ0v) is 9.12. The first-order valence-electron chi connectivity index (χ1n) is 4.97. The molecule has 0 aliphatic carbocycles. The third-order valence-corrected chi connectivity index (χ3v) is 2.13. The lowest BCUT2D eigenvalue weighted by Gasteiger charge is -2.08. The lowest BCUT2D eigenvalue weighted by Crippen LogP contribution is -2.19. The second-order valence-electron chi connectivity index (χ2n) is 3.47. The first kappa shape index (κ1) is 11.9. The maximum atomic E-state index is 11.3. The van der Waals surface area contributed by atoms with Gasteiger partial charge in [-0.1, -0.05) is 0 Å². The highest BCUT2D eigenvalue weighted by molar-refractivity contribution is 5.03. The molecule has 15 heavy (non-hydrogen) atoms. The molecule has 5 heteroatoms. The number of aromatic amines is 1. The van der Waals surface area contributed by atoms with Crippen LogP contribution in [0.15, 0.2) is 10.9 Å². The molecule has 0 aromatic carbocycles. The Morgan fingerprint density at radius 1 is 1.67 bits per heavy atom. The van der Waals surface area contributed by atoms with Crippen LogP contribution in [0.1, 0.15) is 18.4 Å².